The Balaban J connectivity index is 1.78. The number of anilines is 2. The van der Waals surface area contributed by atoms with Gasteiger partial charge in [0.2, 0.25) is 11.1 Å². The van der Waals surface area contributed by atoms with Crippen LogP contribution in [0.25, 0.3) is 0 Å². The van der Waals surface area contributed by atoms with Gasteiger partial charge < -0.3 is 15.4 Å². The molecule has 4 rings (SSSR count). The van der Waals surface area contributed by atoms with Crippen LogP contribution in [0.15, 0.2) is 58.9 Å². The molecule has 7 nitrogen and oxygen atoms in total. The maximum absolute atomic E-state index is 13.8. The molecule has 1 aromatic heterocycles. The van der Waals surface area contributed by atoms with Gasteiger partial charge in [0.05, 0.1) is 11.7 Å². The van der Waals surface area contributed by atoms with Gasteiger partial charge >= 0.3 is 0 Å². The molecule has 0 spiro atoms. The predicted octanol–water partition coefficient (Wildman–Crippen LogP) is 6.11. The second-order valence-electron chi connectivity index (χ2n) is 9.02. The molecule has 1 unspecified atom stereocenters. The van der Waals surface area contributed by atoms with Crippen molar-refractivity contribution in [3.05, 3.63) is 70.4 Å². The highest BCUT2D eigenvalue weighted by Crippen LogP contribution is 2.38. The first kappa shape index (κ1) is 24.9. The third-order valence-electron chi connectivity index (χ3n) is 5.91. The van der Waals surface area contributed by atoms with E-state index in [9.17, 15) is 4.79 Å². The summed E-state index contributed by atoms with van der Waals surface area (Å²) in [6.07, 6.45) is 1.07. The van der Waals surface area contributed by atoms with E-state index in [-0.39, 0.29) is 12.0 Å². The van der Waals surface area contributed by atoms with Crippen molar-refractivity contribution in [3.63, 3.8) is 0 Å². The van der Waals surface area contributed by atoms with E-state index in [2.05, 4.69) is 17.6 Å². The minimum Gasteiger partial charge on any atom is -0.491 e. The van der Waals surface area contributed by atoms with Crippen LogP contribution in [0.2, 0.25) is 0 Å². The number of rotatable bonds is 8. The maximum atomic E-state index is 13.8. The molecule has 0 radical (unpaired) electrons. The molecule has 2 N–H and O–H groups in total. The summed E-state index contributed by atoms with van der Waals surface area (Å²) in [7, 11) is 0. The Kier molecular flexibility index (Phi) is 7.50. The molecule has 1 amide bonds. The molecule has 0 aliphatic carbocycles. The van der Waals surface area contributed by atoms with Crippen molar-refractivity contribution >= 4 is 29.3 Å². The van der Waals surface area contributed by atoms with Crippen LogP contribution in [0.3, 0.4) is 0 Å². The standard InChI is InChI=1S/C27H33N5O2S/c1-7-14-35-27-30-26-28-19(6)23(25(33)29-22-13-8-10-17(4)18(22)5)24(32(26)31-27)20-11-9-12-21(15-20)34-16(2)3/h8-13,15-16,24H,7,14H2,1-6H3,(H,29,33)(H,28,30,31). The summed E-state index contributed by atoms with van der Waals surface area (Å²) < 4.78 is 7.77. The lowest BCUT2D eigenvalue weighted by Crippen LogP contribution is -2.31. The number of amides is 1. The Bertz CT molecular complexity index is 1260. The van der Waals surface area contributed by atoms with E-state index < -0.39 is 6.04 Å². The van der Waals surface area contributed by atoms with Crippen molar-refractivity contribution in [2.75, 3.05) is 16.4 Å². The molecule has 2 heterocycles. The van der Waals surface area contributed by atoms with Crippen molar-refractivity contribution < 1.29 is 9.53 Å². The predicted molar refractivity (Wildman–Crippen MR) is 142 cm³/mol. The van der Waals surface area contributed by atoms with Crippen LogP contribution in [0.1, 0.15) is 56.8 Å². The van der Waals surface area contributed by atoms with Gasteiger partial charge in [0.1, 0.15) is 11.8 Å². The number of ether oxygens (including phenoxy) is 1. The number of thioether (sulfide) groups is 1. The number of carbonyl (C=O) groups excluding carboxylic acids is 1. The fraction of sp³-hybridized carbons (Fsp3) is 0.370. The van der Waals surface area contributed by atoms with Gasteiger partial charge in [0, 0.05) is 17.1 Å². The summed E-state index contributed by atoms with van der Waals surface area (Å²) in [6, 6.07) is 13.3. The van der Waals surface area contributed by atoms with Gasteiger partial charge in [-0.3, -0.25) is 4.79 Å². The third kappa shape index (κ3) is 5.37. The van der Waals surface area contributed by atoms with Gasteiger partial charge in [-0.2, -0.15) is 4.98 Å². The van der Waals surface area contributed by atoms with Crippen LogP contribution in [-0.2, 0) is 4.79 Å². The average Bonchev–Trinajstić information content (AvgIpc) is 3.21. The Morgan fingerprint density at radius 1 is 1.20 bits per heavy atom. The number of hydrogen-bond donors (Lipinski definition) is 2. The number of nitrogens with zero attached hydrogens (tertiary/aromatic N) is 3. The Morgan fingerprint density at radius 3 is 2.71 bits per heavy atom. The number of benzene rings is 2. The van der Waals surface area contributed by atoms with Crippen molar-refractivity contribution in [1.82, 2.24) is 14.8 Å². The fourth-order valence-corrected chi connectivity index (χ4v) is 4.78. The number of aromatic nitrogens is 3. The summed E-state index contributed by atoms with van der Waals surface area (Å²) in [5.74, 6) is 2.14. The van der Waals surface area contributed by atoms with Crippen LogP contribution < -0.4 is 15.4 Å². The first-order chi connectivity index (χ1) is 16.8. The second-order valence-corrected chi connectivity index (χ2v) is 10.1. The average molecular weight is 492 g/mol. The van der Waals surface area contributed by atoms with Crippen LogP contribution in [-0.4, -0.2) is 32.5 Å². The molecular formula is C27H33N5O2S. The largest absolute Gasteiger partial charge is 0.491 e. The van der Waals surface area contributed by atoms with Gasteiger partial charge in [0.15, 0.2) is 0 Å². The molecule has 0 saturated carbocycles. The highest BCUT2D eigenvalue weighted by atomic mass is 32.2. The number of allylic oxidation sites excluding steroid dienone is 1. The maximum Gasteiger partial charge on any atom is 0.255 e. The topological polar surface area (TPSA) is 81.1 Å². The van der Waals surface area contributed by atoms with E-state index in [0.29, 0.717) is 16.7 Å². The zero-order chi connectivity index (χ0) is 25.1. The monoisotopic (exact) mass is 491 g/mol. The van der Waals surface area contributed by atoms with Crippen molar-refractivity contribution in [3.8, 4) is 5.75 Å². The summed E-state index contributed by atoms with van der Waals surface area (Å²) in [5.41, 5.74) is 5.23. The molecule has 8 heteroatoms. The number of carbonyl (C=O) groups is 1. The summed E-state index contributed by atoms with van der Waals surface area (Å²) in [5, 5.41) is 11.9. The molecule has 0 saturated heterocycles. The molecule has 1 aliphatic rings. The van der Waals surface area contributed by atoms with Crippen LogP contribution >= 0.6 is 11.8 Å². The lowest BCUT2D eigenvalue weighted by Gasteiger charge is -2.29. The first-order valence-corrected chi connectivity index (χ1v) is 13.0. The van der Waals surface area contributed by atoms with Crippen molar-refractivity contribution in [2.24, 2.45) is 0 Å². The highest BCUT2D eigenvalue weighted by Gasteiger charge is 2.34. The van der Waals surface area contributed by atoms with E-state index in [1.54, 1.807) is 11.8 Å². The quantitative estimate of drug-likeness (QED) is 0.370. The van der Waals surface area contributed by atoms with Gasteiger partial charge in [-0.25, -0.2) is 4.68 Å². The number of nitrogens with one attached hydrogen (secondary N) is 2. The molecule has 0 fully saturated rings. The molecule has 184 valence electrons. The molecular weight excluding hydrogens is 458 g/mol. The van der Waals surface area contributed by atoms with E-state index in [0.717, 1.165) is 46.0 Å². The minimum absolute atomic E-state index is 0.0431. The Labute approximate surface area is 211 Å². The Morgan fingerprint density at radius 2 is 1.97 bits per heavy atom. The summed E-state index contributed by atoms with van der Waals surface area (Å²) in [6.45, 7) is 12.1. The van der Waals surface area contributed by atoms with E-state index in [1.165, 1.54) is 0 Å². The molecule has 3 aromatic rings. The van der Waals surface area contributed by atoms with Crippen molar-refractivity contribution in [2.45, 2.75) is 65.3 Å². The lowest BCUT2D eigenvalue weighted by molar-refractivity contribution is -0.113. The normalized spacial score (nSPS) is 15.1. The zero-order valence-corrected chi connectivity index (χ0v) is 22.0. The van der Waals surface area contributed by atoms with Crippen LogP contribution in [0.5, 0.6) is 5.75 Å². The number of aryl methyl sites for hydroxylation is 1. The lowest BCUT2D eigenvalue weighted by atomic mass is 9.94. The summed E-state index contributed by atoms with van der Waals surface area (Å²) >= 11 is 1.61. The van der Waals surface area contributed by atoms with Gasteiger partial charge in [0.25, 0.3) is 5.91 Å². The molecule has 1 atom stereocenters. The first-order valence-electron chi connectivity index (χ1n) is 12.0. The van der Waals surface area contributed by atoms with E-state index >= 15 is 0 Å². The number of hydrogen-bond acceptors (Lipinski definition) is 6. The van der Waals surface area contributed by atoms with Gasteiger partial charge in [-0.1, -0.05) is 43.0 Å². The highest BCUT2D eigenvalue weighted by molar-refractivity contribution is 7.99. The van der Waals surface area contributed by atoms with Crippen molar-refractivity contribution in [1.29, 1.82) is 0 Å². The van der Waals surface area contributed by atoms with E-state index in [4.69, 9.17) is 14.8 Å². The van der Waals surface area contributed by atoms with Crippen LogP contribution in [0.4, 0.5) is 11.6 Å². The smallest absolute Gasteiger partial charge is 0.255 e. The van der Waals surface area contributed by atoms with E-state index in [1.807, 2.05) is 81.8 Å². The summed E-state index contributed by atoms with van der Waals surface area (Å²) in [4.78, 5) is 18.5. The molecule has 35 heavy (non-hydrogen) atoms. The molecule has 2 aromatic carbocycles. The zero-order valence-electron chi connectivity index (χ0n) is 21.2. The SMILES string of the molecule is CCCSc1nc2n(n1)C(c1cccc(OC(C)C)c1)C(C(=O)Nc1cccc(C)c1C)=C(C)N2. The third-order valence-corrected chi connectivity index (χ3v) is 6.96. The molecule has 0 bridgehead atoms. The van der Waals surface area contributed by atoms with Gasteiger partial charge in [-0.05, 0) is 75.9 Å². The Hall–Kier alpha value is -3.26. The molecule has 1 aliphatic heterocycles. The van der Waals surface area contributed by atoms with Crippen LogP contribution in [0, 0.1) is 13.8 Å². The fourth-order valence-electron chi connectivity index (χ4n) is 4.09. The second kappa shape index (κ2) is 10.6. The minimum atomic E-state index is -0.449. The number of fused-ring (bicyclic) bond motifs is 1. The van der Waals surface area contributed by atoms with Gasteiger partial charge in [-0.15, -0.1) is 5.10 Å².